The van der Waals surface area contributed by atoms with Gasteiger partial charge >= 0.3 is 0 Å². The molecule has 0 saturated heterocycles. The maximum atomic E-state index is 7.41. The van der Waals surface area contributed by atoms with E-state index in [1.165, 1.54) is 12.3 Å². The van der Waals surface area contributed by atoms with Gasteiger partial charge in [0.2, 0.25) is 5.88 Å². The number of nitrogens with one attached hydrogen (secondary N) is 1. The third-order valence-electron chi connectivity index (χ3n) is 2.10. The van der Waals surface area contributed by atoms with Crippen LogP contribution in [0.25, 0.3) is 0 Å². The van der Waals surface area contributed by atoms with Gasteiger partial charge in [0.25, 0.3) is 0 Å². The Hall–Kier alpha value is -1.85. The molecule has 2 aromatic rings. The zero-order valence-corrected chi connectivity index (χ0v) is 10.5. The lowest BCUT2D eigenvalue weighted by atomic mass is 10.3. The van der Waals surface area contributed by atoms with Crippen LogP contribution in [0.4, 0.5) is 0 Å². The minimum absolute atomic E-state index is 0.106. The summed E-state index contributed by atoms with van der Waals surface area (Å²) in [6.45, 7) is 0. The van der Waals surface area contributed by atoms with Crippen molar-refractivity contribution in [2.45, 2.75) is 0 Å². The van der Waals surface area contributed by atoms with Crippen molar-refractivity contribution in [3.8, 4) is 11.6 Å². The van der Waals surface area contributed by atoms with Gasteiger partial charge in [-0.3, -0.25) is 5.41 Å². The van der Waals surface area contributed by atoms with Crippen molar-refractivity contribution in [3.63, 3.8) is 0 Å². The normalized spacial score (nSPS) is 10.1. The van der Waals surface area contributed by atoms with Crippen molar-refractivity contribution in [1.82, 2.24) is 10.2 Å². The predicted molar refractivity (Wildman–Crippen MR) is 69.6 cm³/mol. The van der Waals surface area contributed by atoms with Crippen LogP contribution >= 0.6 is 23.2 Å². The van der Waals surface area contributed by atoms with Crippen molar-refractivity contribution in [1.29, 1.82) is 5.41 Å². The second-order valence-corrected chi connectivity index (χ2v) is 4.10. The third-order valence-corrected chi connectivity index (χ3v) is 2.90. The largest absolute Gasteiger partial charge is 0.435 e. The molecule has 0 spiro atoms. The highest BCUT2D eigenvalue weighted by Crippen LogP contribution is 2.34. The molecule has 1 heterocycles. The summed E-state index contributed by atoms with van der Waals surface area (Å²) in [5.41, 5.74) is 5.75. The predicted octanol–water partition coefficient (Wildman–Crippen LogP) is 2.86. The second kappa shape index (κ2) is 5.20. The molecule has 1 aromatic carbocycles. The van der Waals surface area contributed by atoms with Gasteiger partial charge in [-0.1, -0.05) is 29.3 Å². The standard InChI is InChI=1S/C11H8Cl2N4O/c12-7-2-1-3-8(9(7)13)18-11-6(10(14)15)4-5-16-17-11/h1-5H,(H3,14,15). The van der Waals surface area contributed by atoms with Crippen LogP contribution in [0.3, 0.4) is 0 Å². The molecule has 0 saturated carbocycles. The molecule has 0 aliphatic heterocycles. The highest BCUT2D eigenvalue weighted by Gasteiger charge is 2.12. The van der Waals surface area contributed by atoms with Gasteiger partial charge in [-0.15, -0.1) is 5.10 Å². The highest BCUT2D eigenvalue weighted by atomic mass is 35.5. The number of nitrogen functional groups attached to an aromatic ring is 1. The summed E-state index contributed by atoms with van der Waals surface area (Å²) in [5.74, 6) is 0.263. The number of amidine groups is 1. The molecule has 0 atom stereocenters. The first-order chi connectivity index (χ1) is 8.59. The van der Waals surface area contributed by atoms with Crippen molar-refractivity contribution in [2.24, 2.45) is 5.73 Å². The van der Waals surface area contributed by atoms with E-state index in [0.717, 1.165) is 0 Å². The fourth-order valence-electron chi connectivity index (χ4n) is 1.27. The zero-order valence-electron chi connectivity index (χ0n) is 9.02. The van der Waals surface area contributed by atoms with Gasteiger partial charge in [-0.2, -0.15) is 5.10 Å². The van der Waals surface area contributed by atoms with Crippen LogP contribution in [0.2, 0.25) is 10.0 Å². The molecule has 0 fully saturated rings. The molecule has 2 rings (SSSR count). The van der Waals surface area contributed by atoms with Crippen LogP contribution < -0.4 is 10.5 Å². The van der Waals surface area contributed by atoms with Gasteiger partial charge in [0.05, 0.1) is 16.8 Å². The number of nitrogens with zero attached hydrogens (tertiary/aromatic N) is 2. The first-order valence-electron chi connectivity index (χ1n) is 4.87. The summed E-state index contributed by atoms with van der Waals surface area (Å²) >= 11 is 11.9. The molecule has 0 unspecified atom stereocenters. The smallest absolute Gasteiger partial charge is 0.249 e. The van der Waals surface area contributed by atoms with Crippen molar-refractivity contribution in [3.05, 3.63) is 46.1 Å². The van der Waals surface area contributed by atoms with Crippen molar-refractivity contribution < 1.29 is 4.74 Å². The number of hydrogen-bond donors (Lipinski definition) is 2. The van der Waals surface area contributed by atoms with Crippen LogP contribution in [0.5, 0.6) is 11.6 Å². The zero-order chi connectivity index (χ0) is 13.1. The van der Waals surface area contributed by atoms with Gasteiger partial charge in [-0.25, -0.2) is 0 Å². The molecular formula is C11H8Cl2N4O. The Morgan fingerprint density at radius 1 is 1.28 bits per heavy atom. The van der Waals surface area contributed by atoms with Gasteiger partial charge in [0.15, 0.2) is 0 Å². The first-order valence-corrected chi connectivity index (χ1v) is 5.63. The first kappa shape index (κ1) is 12.6. The molecule has 92 valence electrons. The summed E-state index contributed by atoms with van der Waals surface area (Å²) in [4.78, 5) is 0. The molecule has 0 radical (unpaired) electrons. The monoisotopic (exact) mass is 282 g/mol. The summed E-state index contributed by atoms with van der Waals surface area (Å²) < 4.78 is 5.47. The fraction of sp³-hybridized carbons (Fsp3) is 0. The lowest BCUT2D eigenvalue weighted by Crippen LogP contribution is -2.13. The maximum absolute atomic E-state index is 7.41. The number of ether oxygens (including phenoxy) is 1. The Morgan fingerprint density at radius 3 is 2.78 bits per heavy atom. The van der Waals surface area contributed by atoms with E-state index in [4.69, 9.17) is 39.1 Å². The third kappa shape index (κ3) is 2.52. The SMILES string of the molecule is N=C(N)c1ccnnc1Oc1cccc(Cl)c1Cl. The van der Waals surface area contributed by atoms with E-state index in [1.807, 2.05) is 0 Å². The van der Waals surface area contributed by atoms with Crippen molar-refractivity contribution in [2.75, 3.05) is 0 Å². The van der Waals surface area contributed by atoms with Gasteiger partial charge < -0.3 is 10.5 Å². The Kier molecular flexibility index (Phi) is 3.64. The maximum Gasteiger partial charge on any atom is 0.249 e. The molecule has 7 heteroatoms. The molecule has 18 heavy (non-hydrogen) atoms. The second-order valence-electron chi connectivity index (χ2n) is 3.32. The molecule has 1 aromatic heterocycles. The highest BCUT2D eigenvalue weighted by molar-refractivity contribution is 6.42. The molecule has 3 N–H and O–H groups in total. The van der Waals surface area contributed by atoms with E-state index in [2.05, 4.69) is 10.2 Å². The molecule has 0 aliphatic rings. The van der Waals surface area contributed by atoms with E-state index in [9.17, 15) is 0 Å². The fourth-order valence-corrected chi connectivity index (χ4v) is 1.60. The van der Waals surface area contributed by atoms with Crippen molar-refractivity contribution >= 4 is 29.0 Å². The van der Waals surface area contributed by atoms with Crippen LogP contribution in [-0.4, -0.2) is 16.0 Å². The van der Waals surface area contributed by atoms with Gasteiger partial charge in [0.1, 0.15) is 16.6 Å². The Bertz CT molecular complexity index is 603. The number of hydrogen-bond acceptors (Lipinski definition) is 4. The minimum atomic E-state index is -0.168. The summed E-state index contributed by atoms with van der Waals surface area (Å²) in [6.07, 6.45) is 1.42. The topological polar surface area (TPSA) is 84.9 Å². The number of benzene rings is 1. The minimum Gasteiger partial charge on any atom is -0.435 e. The Balaban J connectivity index is 2.40. The average Bonchev–Trinajstić information content (AvgIpc) is 2.35. The Labute approximate surface area is 113 Å². The summed E-state index contributed by atoms with van der Waals surface area (Å²) in [5, 5.41) is 15.5. The lowest BCUT2D eigenvalue weighted by Gasteiger charge is -2.09. The van der Waals surface area contributed by atoms with Gasteiger partial charge in [-0.05, 0) is 18.2 Å². The molecular weight excluding hydrogens is 275 g/mol. The lowest BCUT2D eigenvalue weighted by molar-refractivity contribution is 0.454. The number of nitrogens with two attached hydrogens (primary N) is 1. The van der Waals surface area contributed by atoms with E-state index in [0.29, 0.717) is 16.3 Å². The van der Waals surface area contributed by atoms with E-state index in [1.54, 1.807) is 18.2 Å². The quantitative estimate of drug-likeness (QED) is 0.670. The van der Waals surface area contributed by atoms with E-state index < -0.39 is 0 Å². The van der Waals surface area contributed by atoms with Crippen LogP contribution in [0.15, 0.2) is 30.5 Å². The molecule has 0 aliphatic carbocycles. The van der Waals surface area contributed by atoms with E-state index >= 15 is 0 Å². The summed E-state index contributed by atoms with van der Waals surface area (Å²) in [6, 6.07) is 6.49. The summed E-state index contributed by atoms with van der Waals surface area (Å²) in [7, 11) is 0. The van der Waals surface area contributed by atoms with Crippen LogP contribution in [0.1, 0.15) is 5.56 Å². The number of aromatic nitrogens is 2. The molecule has 0 bridgehead atoms. The molecule has 0 amide bonds. The number of rotatable bonds is 3. The number of halogens is 2. The Morgan fingerprint density at radius 2 is 2.06 bits per heavy atom. The van der Waals surface area contributed by atoms with Gasteiger partial charge in [0, 0.05) is 0 Å². The van der Waals surface area contributed by atoms with E-state index in [-0.39, 0.29) is 16.7 Å². The van der Waals surface area contributed by atoms with Crippen LogP contribution in [-0.2, 0) is 0 Å². The van der Waals surface area contributed by atoms with Crippen LogP contribution in [0, 0.1) is 5.41 Å². The molecule has 5 nitrogen and oxygen atoms in total. The average molecular weight is 283 g/mol.